The number of thiol groups is 1. The molecular formula is C14H26N2OS. The summed E-state index contributed by atoms with van der Waals surface area (Å²) in [4.78, 5) is 16.5. The van der Waals surface area contributed by atoms with Gasteiger partial charge in [-0.3, -0.25) is 4.79 Å². The summed E-state index contributed by atoms with van der Waals surface area (Å²) in [5.41, 5.74) is 0.474. The Morgan fingerprint density at radius 1 is 1.17 bits per heavy atom. The van der Waals surface area contributed by atoms with Gasteiger partial charge in [0.05, 0.1) is 0 Å². The number of carbonyl (C=O) groups is 1. The van der Waals surface area contributed by atoms with Gasteiger partial charge in [0, 0.05) is 25.6 Å². The van der Waals surface area contributed by atoms with Crippen LogP contribution in [0.2, 0.25) is 0 Å². The van der Waals surface area contributed by atoms with Crippen LogP contribution in [-0.2, 0) is 4.79 Å². The van der Waals surface area contributed by atoms with Crippen molar-refractivity contribution in [1.82, 2.24) is 9.80 Å². The molecule has 0 unspecified atom stereocenters. The third-order valence-corrected chi connectivity index (χ3v) is 5.68. The van der Waals surface area contributed by atoms with E-state index < -0.39 is 0 Å². The lowest BCUT2D eigenvalue weighted by Crippen LogP contribution is -2.57. The first-order valence-corrected chi connectivity index (χ1v) is 7.59. The Bertz CT molecular complexity index is 322. The van der Waals surface area contributed by atoms with E-state index in [2.05, 4.69) is 31.6 Å². The summed E-state index contributed by atoms with van der Waals surface area (Å²) in [6.45, 7) is 0.876. The predicted octanol–water partition coefficient (Wildman–Crippen LogP) is 2.03. The van der Waals surface area contributed by atoms with Crippen LogP contribution in [0.15, 0.2) is 0 Å². The van der Waals surface area contributed by atoms with Gasteiger partial charge in [-0.15, -0.1) is 0 Å². The van der Waals surface area contributed by atoms with Crippen LogP contribution in [0.3, 0.4) is 0 Å². The van der Waals surface area contributed by atoms with Crippen molar-refractivity contribution in [3.8, 4) is 0 Å². The molecule has 18 heavy (non-hydrogen) atoms. The Morgan fingerprint density at radius 2 is 1.78 bits per heavy atom. The number of hydrogen-bond acceptors (Lipinski definition) is 3. The molecule has 1 amide bonds. The van der Waals surface area contributed by atoms with Gasteiger partial charge in [-0.05, 0) is 57.4 Å². The summed E-state index contributed by atoms with van der Waals surface area (Å²) in [6, 6.07) is 0. The molecule has 4 heteroatoms. The predicted molar refractivity (Wildman–Crippen MR) is 78.0 cm³/mol. The first-order valence-electron chi connectivity index (χ1n) is 6.95. The van der Waals surface area contributed by atoms with Crippen LogP contribution in [0.5, 0.6) is 0 Å². The molecule has 0 radical (unpaired) electrons. The molecule has 0 aromatic carbocycles. The second kappa shape index (κ2) is 5.04. The maximum atomic E-state index is 12.3. The standard InChI is InChI=1S/C14H26N2OS/c1-15(2)14(5-4-6-14)10-16(3)12(17)9-13(11-18)7-8-13/h18H,4-11H2,1-3H3. The topological polar surface area (TPSA) is 23.6 Å². The molecule has 0 saturated heterocycles. The SMILES string of the molecule is CN(CC1(N(C)C)CCC1)C(=O)CC1(CS)CC1. The fraction of sp³-hybridized carbons (Fsp3) is 0.929. The van der Waals surface area contributed by atoms with Crippen LogP contribution in [0, 0.1) is 5.41 Å². The average molecular weight is 270 g/mol. The summed E-state index contributed by atoms with van der Waals surface area (Å²) in [5.74, 6) is 1.15. The highest BCUT2D eigenvalue weighted by atomic mass is 32.1. The molecule has 3 nitrogen and oxygen atoms in total. The smallest absolute Gasteiger partial charge is 0.222 e. The Hall–Kier alpha value is -0.220. The fourth-order valence-electron chi connectivity index (χ4n) is 2.88. The Labute approximate surface area is 116 Å². The highest BCUT2D eigenvalue weighted by Crippen LogP contribution is 2.50. The highest BCUT2D eigenvalue weighted by molar-refractivity contribution is 7.80. The maximum absolute atomic E-state index is 12.3. The molecule has 2 fully saturated rings. The third-order valence-electron chi connectivity index (χ3n) is 5.01. The second-order valence-electron chi connectivity index (χ2n) is 6.56. The van der Waals surface area contributed by atoms with E-state index in [1.165, 1.54) is 32.1 Å². The summed E-state index contributed by atoms with van der Waals surface area (Å²) in [6.07, 6.45) is 6.77. The van der Waals surface area contributed by atoms with Crippen LogP contribution in [0.25, 0.3) is 0 Å². The van der Waals surface area contributed by atoms with Gasteiger partial charge >= 0.3 is 0 Å². The molecule has 0 spiro atoms. The number of likely N-dealkylation sites (N-methyl/N-ethyl adjacent to an activating group) is 2. The van der Waals surface area contributed by atoms with Crippen molar-refractivity contribution in [2.75, 3.05) is 33.4 Å². The molecule has 0 aliphatic heterocycles. The van der Waals surface area contributed by atoms with Crippen molar-refractivity contribution in [1.29, 1.82) is 0 Å². The first-order chi connectivity index (χ1) is 8.43. The van der Waals surface area contributed by atoms with E-state index in [-0.39, 0.29) is 11.0 Å². The monoisotopic (exact) mass is 270 g/mol. The lowest BCUT2D eigenvalue weighted by molar-refractivity contribution is -0.133. The van der Waals surface area contributed by atoms with Crippen LogP contribution in [-0.4, -0.2) is 54.7 Å². The van der Waals surface area contributed by atoms with Gasteiger partial charge in [-0.25, -0.2) is 0 Å². The Morgan fingerprint density at radius 3 is 2.11 bits per heavy atom. The van der Waals surface area contributed by atoms with Crippen LogP contribution in [0.1, 0.15) is 38.5 Å². The molecule has 0 aromatic rings. The number of hydrogen-bond donors (Lipinski definition) is 1. The number of amides is 1. The maximum Gasteiger partial charge on any atom is 0.222 e. The number of nitrogens with zero attached hydrogens (tertiary/aromatic N) is 2. The summed E-state index contributed by atoms with van der Waals surface area (Å²) < 4.78 is 0. The Kier molecular flexibility index (Phi) is 3.98. The summed E-state index contributed by atoms with van der Waals surface area (Å²) >= 11 is 4.38. The average Bonchev–Trinajstić information content (AvgIpc) is 3.03. The van der Waals surface area contributed by atoms with Crippen LogP contribution >= 0.6 is 12.6 Å². The van der Waals surface area contributed by atoms with Gasteiger partial charge in [0.2, 0.25) is 5.91 Å². The van der Waals surface area contributed by atoms with E-state index in [1.54, 1.807) is 0 Å². The number of rotatable bonds is 6. The molecule has 0 atom stereocenters. The second-order valence-corrected chi connectivity index (χ2v) is 6.87. The van der Waals surface area contributed by atoms with Gasteiger partial charge in [-0.2, -0.15) is 12.6 Å². The van der Waals surface area contributed by atoms with Gasteiger partial charge in [0.25, 0.3) is 0 Å². The van der Waals surface area contributed by atoms with E-state index in [1.807, 2.05) is 11.9 Å². The van der Waals surface area contributed by atoms with E-state index in [0.29, 0.717) is 12.3 Å². The minimum atomic E-state index is 0.235. The first kappa shape index (κ1) is 14.2. The third kappa shape index (κ3) is 2.69. The number of carbonyl (C=O) groups excluding carboxylic acids is 1. The van der Waals surface area contributed by atoms with Crippen molar-refractivity contribution in [3.63, 3.8) is 0 Å². The zero-order valence-corrected chi connectivity index (χ0v) is 12.8. The van der Waals surface area contributed by atoms with Gasteiger partial charge in [0.1, 0.15) is 0 Å². The van der Waals surface area contributed by atoms with Crippen LogP contribution in [0.4, 0.5) is 0 Å². The van der Waals surface area contributed by atoms with Gasteiger partial charge in [-0.1, -0.05) is 0 Å². The molecule has 2 aliphatic carbocycles. The van der Waals surface area contributed by atoms with Crippen molar-refractivity contribution in [3.05, 3.63) is 0 Å². The van der Waals surface area contributed by atoms with Crippen molar-refractivity contribution in [2.24, 2.45) is 5.41 Å². The zero-order chi connectivity index (χ0) is 13.4. The Balaban J connectivity index is 1.87. The largest absolute Gasteiger partial charge is 0.344 e. The normalized spacial score (nSPS) is 23.6. The molecule has 0 bridgehead atoms. The van der Waals surface area contributed by atoms with Crippen molar-refractivity contribution in [2.45, 2.75) is 44.1 Å². The molecule has 104 valence electrons. The van der Waals surface area contributed by atoms with E-state index in [0.717, 1.165) is 12.3 Å². The van der Waals surface area contributed by atoms with Crippen molar-refractivity contribution < 1.29 is 4.79 Å². The molecule has 0 N–H and O–H groups in total. The molecule has 2 rings (SSSR count). The molecule has 0 aromatic heterocycles. The summed E-state index contributed by atoms with van der Waals surface area (Å²) in [5, 5.41) is 0. The van der Waals surface area contributed by atoms with E-state index >= 15 is 0 Å². The van der Waals surface area contributed by atoms with Gasteiger partial charge < -0.3 is 9.80 Å². The summed E-state index contributed by atoms with van der Waals surface area (Å²) in [7, 11) is 6.22. The zero-order valence-electron chi connectivity index (χ0n) is 11.9. The fourth-order valence-corrected chi connectivity index (χ4v) is 3.31. The van der Waals surface area contributed by atoms with Crippen LogP contribution < -0.4 is 0 Å². The molecular weight excluding hydrogens is 244 g/mol. The minimum absolute atomic E-state index is 0.235. The highest BCUT2D eigenvalue weighted by Gasteiger charge is 2.45. The molecule has 2 aliphatic rings. The minimum Gasteiger partial charge on any atom is -0.344 e. The van der Waals surface area contributed by atoms with Gasteiger partial charge in [0.15, 0.2) is 0 Å². The van der Waals surface area contributed by atoms with Crippen molar-refractivity contribution >= 4 is 18.5 Å². The van der Waals surface area contributed by atoms with E-state index in [4.69, 9.17) is 0 Å². The van der Waals surface area contributed by atoms with E-state index in [9.17, 15) is 4.79 Å². The quantitative estimate of drug-likeness (QED) is 0.747. The lowest BCUT2D eigenvalue weighted by Gasteiger charge is -2.49. The lowest BCUT2D eigenvalue weighted by atomic mass is 9.75. The molecule has 2 saturated carbocycles. The molecule has 0 heterocycles.